The van der Waals surface area contributed by atoms with Crippen molar-refractivity contribution in [3.8, 4) is 0 Å². The average Bonchev–Trinajstić information content (AvgIpc) is 3.36. The van der Waals surface area contributed by atoms with Crippen LogP contribution in [0.2, 0.25) is 10.0 Å². The Morgan fingerprint density at radius 3 is 2.72 bits per heavy atom. The molecule has 0 saturated carbocycles. The minimum absolute atomic E-state index is 0.137. The van der Waals surface area contributed by atoms with Crippen molar-refractivity contribution in [1.82, 2.24) is 20.6 Å². The number of methoxy groups -OCH3 is 1. The molecule has 2 aromatic heterocycles. The second-order valence-electron chi connectivity index (χ2n) is 7.04. The summed E-state index contributed by atoms with van der Waals surface area (Å²) < 4.78 is 10.3. The van der Waals surface area contributed by atoms with Gasteiger partial charge in [-0.3, -0.25) is 4.79 Å². The minimum Gasteiger partial charge on any atom is -0.465 e. The lowest BCUT2D eigenvalue weighted by atomic mass is 10.0. The zero-order valence-electron chi connectivity index (χ0n) is 17.7. The van der Waals surface area contributed by atoms with E-state index in [1.54, 1.807) is 13.8 Å². The number of anilines is 1. The van der Waals surface area contributed by atoms with Crippen LogP contribution >= 0.6 is 34.5 Å². The highest BCUT2D eigenvalue weighted by Gasteiger charge is 2.35. The summed E-state index contributed by atoms with van der Waals surface area (Å²) in [6, 6.07) is -0.472. The number of alkyl carbamates (subject to hydrolysis) is 1. The Hall–Kier alpha value is -2.50. The number of piperidine rings is 1. The summed E-state index contributed by atoms with van der Waals surface area (Å²) in [6.45, 7) is 4.68. The number of halogens is 2. The smallest absolute Gasteiger partial charge is 0.407 e. The van der Waals surface area contributed by atoms with E-state index in [9.17, 15) is 14.4 Å². The van der Waals surface area contributed by atoms with Crippen LogP contribution in [0.25, 0.3) is 0 Å². The predicted molar refractivity (Wildman–Crippen MR) is 121 cm³/mol. The van der Waals surface area contributed by atoms with Gasteiger partial charge in [0.05, 0.1) is 35.9 Å². The van der Waals surface area contributed by atoms with Crippen LogP contribution in [0.3, 0.4) is 0 Å². The molecule has 1 saturated heterocycles. The largest absolute Gasteiger partial charge is 0.465 e. The van der Waals surface area contributed by atoms with Crippen LogP contribution in [0, 0.1) is 6.92 Å². The number of ether oxygens (including phenoxy) is 2. The molecule has 13 heteroatoms. The number of aromatic amines is 1. The van der Waals surface area contributed by atoms with E-state index in [4.69, 9.17) is 32.7 Å². The fraction of sp³-hybridized carbons (Fsp3) is 0.474. The number of carbonyl (C=O) groups excluding carboxylic acids is 3. The number of rotatable bonds is 6. The molecule has 0 spiro atoms. The summed E-state index contributed by atoms with van der Waals surface area (Å²) in [7, 11) is 1.30. The van der Waals surface area contributed by atoms with Crippen molar-refractivity contribution in [1.29, 1.82) is 0 Å². The van der Waals surface area contributed by atoms with Crippen molar-refractivity contribution in [2.24, 2.45) is 0 Å². The van der Waals surface area contributed by atoms with Crippen molar-refractivity contribution < 1.29 is 23.9 Å². The zero-order chi connectivity index (χ0) is 23.4. The van der Waals surface area contributed by atoms with Gasteiger partial charge in [0.25, 0.3) is 5.91 Å². The molecule has 1 aliphatic rings. The molecule has 1 fully saturated rings. The lowest BCUT2D eigenvalue weighted by Gasteiger charge is -2.38. The molecule has 10 nitrogen and oxygen atoms in total. The van der Waals surface area contributed by atoms with E-state index in [1.807, 2.05) is 4.90 Å². The van der Waals surface area contributed by atoms with Crippen LogP contribution in [-0.2, 0) is 9.47 Å². The number of esters is 1. The number of hydrogen-bond donors (Lipinski definition) is 3. The van der Waals surface area contributed by atoms with E-state index in [0.717, 1.165) is 0 Å². The van der Waals surface area contributed by atoms with Crippen LogP contribution < -0.4 is 15.5 Å². The standard InChI is InChI=1S/C19H23Cl2N5O5S/c1-4-22-19(29)31-11-8-26(18-23-7-12(32-18)17(28)30-3)6-5-10(11)25-16(27)15-14(21)13(20)9(2)24-15/h7,10-11,24H,4-6,8H2,1-3H3,(H,22,29)(H,25,27). The summed E-state index contributed by atoms with van der Waals surface area (Å²) >= 11 is 13.4. The highest BCUT2D eigenvalue weighted by molar-refractivity contribution is 7.17. The summed E-state index contributed by atoms with van der Waals surface area (Å²) in [5, 5.41) is 6.48. The van der Waals surface area contributed by atoms with Gasteiger partial charge in [-0.1, -0.05) is 34.5 Å². The first-order chi connectivity index (χ1) is 15.2. The first-order valence-corrected chi connectivity index (χ1v) is 11.4. The van der Waals surface area contributed by atoms with Crippen LogP contribution in [0.15, 0.2) is 6.20 Å². The highest BCUT2D eigenvalue weighted by Crippen LogP contribution is 2.30. The third-order valence-corrected chi connectivity index (χ3v) is 6.87. The summed E-state index contributed by atoms with van der Waals surface area (Å²) in [6.07, 6.45) is 0.645. The van der Waals surface area contributed by atoms with E-state index >= 15 is 0 Å². The first-order valence-electron chi connectivity index (χ1n) is 9.83. The number of thiazole rings is 1. The van der Waals surface area contributed by atoms with Crippen LogP contribution in [-0.4, -0.2) is 66.8 Å². The van der Waals surface area contributed by atoms with Crippen molar-refractivity contribution in [3.63, 3.8) is 0 Å². The molecular formula is C19H23Cl2N5O5S. The molecule has 2 atom stereocenters. The van der Waals surface area contributed by atoms with E-state index in [-0.39, 0.29) is 22.3 Å². The van der Waals surface area contributed by atoms with Crippen LogP contribution in [0.1, 0.15) is 39.2 Å². The fourth-order valence-corrected chi connectivity index (χ4v) is 4.56. The monoisotopic (exact) mass is 503 g/mol. The van der Waals surface area contributed by atoms with E-state index in [1.165, 1.54) is 24.6 Å². The minimum atomic E-state index is -0.671. The molecule has 2 aromatic rings. The third-order valence-electron chi connectivity index (χ3n) is 4.89. The third kappa shape index (κ3) is 5.28. The molecule has 2 amide bonds. The number of aromatic nitrogens is 2. The fourth-order valence-electron chi connectivity index (χ4n) is 3.27. The van der Waals surface area contributed by atoms with Gasteiger partial charge in [-0.2, -0.15) is 0 Å². The Morgan fingerprint density at radius 1 is 1.34 bits per heavy atom. The number of nitrogens with zero attached hydrogens (tertiary/aromatic N) is 2. The first kappa shape index (κ1) is 24.1. The molecule has 0 aromatic carbocycles. The van der Waals surface area contributed by atoms with Crippen LogP contribution in [0.5, 0.6) is 0 Å². The number of hydrogen-bond acceptors (Lipinski definition) is 8. The van der Waals surface area contributed by atoms with Gasteiger partial charge in [0.1, 0.15) is 16.7 Å². The van der Waals surface area contributed by atoms with Crippen molar-refractivity contribution in [2.75, 3.05) is 31.6 Å². The summed E-state index contributed by atoms with van der Waals surface area (Å²) in [5.41, 5.74) is 0.730. The maximum Gasteiger partial charge on any atom is 0.407 e. The van der Waals surface area contributed by atoms with Crippen LogP contribution in [0.4, 0.5) is 9.93 Å². The predicted octanol–water partition coefficient (Wildman–Crippen LogP) is 3.00. The van der Waals surface area contributed by atoms with Gasteiger partial charge in [-0.25, -0.2) is 14.6 Å². The lowest BCUT2D eigenvalue weighted by Crippen LogP contribution is -2.56. The van der Waals surface area contributed by atoms with Crippen molar-refractivity contribution in [2.45, 2.75) is 32.4 Å². The van der Waals surface area contributed by atoms with E-state index < -0.39 is 30.1 Å². The van der Waals surface area contributed by atoms with E-state index in [0.29, 0.717) is 35.2 Å². The van der Waals surface area contributed by atoms with Gasteiger partial charge in [0.2, 0.25) is 0 Å². The average molecular weight is 504 g/mol. The maximum atomic E-state index is 12.8. The Kier molecular flexibility index (Phi) is 7.86. The van der Waals surface area contributed by atoms with Gasteiger partial charge in [0, 0.05) is 18.8 Å². The molecule has 3 rings (SSSR count). The summed E-state index contributed by atoms with van der Waals surface area (Å²) in [5.74, 6) is -0.919. The molecule has 2 unspecified atom stereocenters. The summed E-state index contributed by atoms with van der Waals surface area (Å²) in [4.78, 5) is 46.1. The Labute approximate surface area is 198 Å². The maximum absolute atomic E-state index is 12.8. The normalized spacial score (nSPS) is 18.2. The Balaban J connectivity index is 1.76. The van der Waals surface area contributed by atoms with Gasteiger partial charge in [-0.15, -0.1) is 0 Å². The van der Waals surface area contributed by atoms with Gasteiger partial charge >= 0.3 is 12.1 Å². The molecular weight excluding hydrogens is 481 g/mol. The molecule has 0 radical (unpaired) electrons. The number of nitrogens with one attached hydrogen (secondary N) is 3. The van der Waals surface area contributed by atoms with Gasteiger partial charge in [-0.05, 0) is 20.3 Å². The second kappa shape index (κ2) is 10.4. The highest BCUT2D eigenvalue weighted by atomic mass is 35.5. The molecule has 3 N–H and O–H groups in total. The van der Waals surface area contributed by atoms with Gasteiger partial charge in [0.15, 0.2) is 5.13 Å². The molecule has 174 valence electrons. The number of H-pyrrole nitrogens is 1. The SMILES string of the molecule is CCNC(=O)OC1CN(c2ncc(C(=O)OC)s2)CCC1NC(=O)c1[nH]c(C)c(Cl)c1Cl. The quantitative estimate of drug-likeness (QED) is 0.517. The number of amides is 2. The Morgan fingerprint density at radius 2 is 2.09 bits per heavy atom. The number of carbonyl (C=O) groups is 3. The lowest BCUT2D eigenvalue weighted by molar-refractivity contribution is 0.0601. The molecule has 0 aliphatic carbocycles. The molecule has 3 heterocycles. The van der Waals surface area contributed by atoms with E-state index in [2.05, 4.69) is 20.6 Å². The topological polar surface area (TPSA) is 126 Å². The number of aryl methyl sites for hydroxylation is 1. The van der Waals surface area contributed by atoms with Gasteiger partial charge < -0.3 is 30.0 Å². The molecule has 32 heavy (non-hydrogen) atoms. The molecule has 1 aliphatic heterocycles. The molecule has 0 bridgehead atoms. The van der Waals surface area contributed by atoms with Crippen molar-refractivity contribution >= 4 is 57.6 Å². The van der Waals surface area contributed by atoms with Crippen molar-refractivity contribution in [3.05, 3.63) is 32.5 Å². The zero-order valence-corrected chi connectivity index (χ0v) is 20.0. The Bertz CT molecular complexity index is 1010. The second-order valence-corrected chi connectivity index (χ2v) is 8.81.